The summed E-state index contributed by atoms with van der Waals surface area (Å²) in [7, 11) is 0. The van der Waals surface area contributed by atoms with E-state index in [-0.39, 0.29) is 5.69 Å². The van der Waals surface area contributed by atoms with Crippen LogP contribution in [0.25, 0.3) is 0 Å². The zero-order chi connectivity index (χ0) is 12.1. The Bertz CT molecular complexity index is 409. The Morgan fingerprint density at radius 2 is 2.31 bits per heavy atom. The van der Waals surface area contributed by atoms with Crippen LogP contribution in [0.4, 0.5) is 0 Å². The standard InChI is InChI=1S/C10H11BrN2O3/c1-2-7(10(15)16)13-9(14)8-6(11)4-3-5-12-8/h3-5,7H,2H2,1H3,(H,13,14)(H,15,16)/t7-/m0/s1. The molecule has 0 fully saturated rings. The molecule has 1 aromatic heterocycles. The van der Waals surface area contributed by atoms with E-state index in [4.69, 9.17) is 5.11 Å². The number of hydrogen-bond acceptors (Lipinski definition) is 3. The van der Waals surface area contributed by atoms with Gasteiger partial charge in [0.05, 0.1) is 0 Å². The molecule has 1 heterocycles. The molecular weight excluding hydrogens is 276 g/mol. The number of nitrogens with one attached hydrogen (secondary N) is 1. The molecule has 16 heavy (non-hydrogen) atoms. The molecular formula is C10H11BrN2O3. The molecule has 0 bridgehead atoms. The van der Waals surface area contributed by atoms with Gasteiger partial charge in [0.25, 0.3) is 5.91 Å². The van der Waals surface area contributed by atoms with E-state index < -0.39 is 17.9 Å². The van der Waals surface area contributed by atoms with Gasteiger partial charge in [0.1, 0.15) is 11.7 Å². The second kappa shape index (κ2) is 5.60. The summed E-state index contributed by atoms with van der Waals surface area (Å²) in [5.74, 6) is -1.55. The number of carboxylic acids is 1. The van der Waals surface area contributed by atoms with Crippen LogP contribution >= 0.6 is 15.9 Å². The van der Waals surface area contributed by atoms with Crippen LogP contribution in [-0.2, 0) is 4.79 Å². The van der Waals surface area contributed by atoms with Crippen molar-refractivity contribution in [1.29, 1.82) is 0 Å². The zero-order valence-corrected chi connectivity index (χ0v) is 10.2. The van der Waals surface area contributed by atoms with Crippen LogP contribution in [0.3, 0.4) is 0 Å². The number of halogens is 1. The van der Waals surface area contributed by atoms with Gasteiger partial charge >= 0.3 is 5.97 Å². The van der Waals surface area contributed by atoms with Crippen LogP contribution in [0.1, 0.15) is 23.8 Å². The van der Waals surface area contributed by atoms with E-state index in [1.807, 2.05) is 0 Å². The van der Waals surface area contributed by atoms with Gasteiger partial charge < -0.3 is 10.4 Å². The van der Waals surface area contributed by atoms with Crippen molar-refractivity contribution in [2.75, 3.05) is 0 Å². The largest absolute Gasteiger partial charge is 0.480 e. The summed E-state index contributed by atoms with van der Waals surface area (Å²) < 4.78 is 0.535. The Hall–Kier alpha value is -1.43. The molecule has 0 aliphatic carbocycles. The van der Waals surface area contributed by atoms with Crippen molar-refractivity contribution < 1.29 is 14.7 Å². The number of carboxylic acid groups (broad SMARTS) is 1. The first kappa shape index (κ1) is 12.6. The first-order valence-corrected chi connectivity index (χ1v) is 5.49. The van der Waals surface area contributed by atoms with Crippen molar-refractivity contribution in [3.63, 3.8) is 0 Å². The predicted molar refractivity (Wildman–Crippen MR) is 61.1 cm³/mol. The van der Waals surface area contributed by atoms with Gasteiger partial charge in [0.2, 0.25) is 0 Å². The van der Waals surface area contributed by atoms with Crippen molar-refractivity contribution in [3.05, 3.63) is 28.5 Å². The van der Waals surface area contributed by atoms with Crippen LogP contribution in [0, 0.1) is 0 Å². The van der Waals surface area contributed by atoms with E-state index in [0.717, 1.165) is 0 Å². The molecule has 1 atom stereocenters. The smallest absolute Gasteiger partial charge is 0.326 e. The Kier molecular flexibility index (Phi) is 4.42. The summed E-state index contributed by atoms with van der Waals surface area (Å²) in [4.78, 5) is 26.3. The summed E-state index contributed by atoms with van der Waals surface area (Å²) in [5.41, 5.74) is 0.183. The second-order valence-electron chi connectivity index (χ2n) is 3.11. The summed E-state index contributed by atoms with van der Waals surface area (Å²) in [6.07, 6.45) is 1.80. The quantitative estimate of drug-likeness (QED) is 0.878. The van der Waals surface area contributed by atoms with Gasteiger partial charge in [0.15, 0.2) is 0 Å². The number of aliphatic carboxylic acids is 1. The fourth-order valence-corrected chi connectivity index (χ4v) is 1.55. The third-order valence-electron chi connectivity index (χ3n) is 1.99. The van der Waals surface area contributed by atoms with Gasteiger partial charge in [-0.15, -0.1) is 0 Å². The number of carbonyl (C=O) groups excluding carboxylic acids is 1. The van der Waals surface area contributed by atoms with Crippen molar-refractivity contribution in [3.8, 4) is 0 Å². The number of aromatic nitrogens is 1. The van der Waals surface area contributed by atoms with Crippen LogP contribution in [-0.4, -0.2) is 28.0 Å². The number of rotatable bonds is 4. The van der Waals surface area contributed by atoms with Crippen LogP contribution in [0.5, 0.6) is 0 Å². The molecule has 0 saturated carbocycles. The minimum absolute atomic E-state index is 0.183. The van der Waals surface area contributed by atoms with Gasteiger partial charge in [-0.1, -0.05) is 6.92 Å². The molecule has 0 aromatic carbocycles. The van der Waals surface area contributed by atoms with E-state index >= 15 is 0 Å². The van der Waals surface area contributed by atoms with Crippen molar-refractivity contribution in [1.82, 2.24) is 10.3 Å². The summed E-state index contributed by atoms with van der Waals surface area (Å²) >= 11 is 3.17. The highest BCUT2D eigenvalue weighted by atomic mass is 79.9. The minimum atomic E-state index is -1.05. The monoisotopic (exact) mass is 286 g/mol. The van der Waals surface area contributed by atoms with Gasteiger partial charge in [0, 0.05) is 10.7 Å². The van der Waals surface area contributed by atoms with Gasteiger partial charge in [-0.2, -0.15) is 0 Å². The number of nitrogens with zero attached hydrogens (tertiary/aromatic N) is 1. The number of hydrogen-bond donors (Lipinski definition) is 2. The highest BCUT2D eigenvalue weighted by Crippen LogP contribution is 2.13. The summed E-state index contributed by atoms with van der Waals surface area (Å²) in [5, 5.41) is 11.2. The molecule has 6 heteroatoms. The predicted octanol–water partition coefficient (Wildman–Crippen LogP) is 1.44. The third kappa shape index (κ3) is 3.03. The molecule has 5 nitrogen and oxygen atoms in total. The number of carbonyl (C=O) groups is 2. The topological polar surface area (TPSA) is 79.3 Å². The third-order valence-corrected chi connectivity index (χ3v) is 2.63. The first-order valence-electron chi connectivity index (χ1n) is 4.70. The van der Waals surface area contributed by atoms with E-state index in [2.05, 4.69) is 26.2 Å². The van der Waals surface area contributed by atoms with Gasteiger partial charge in [-0.25, -0.2) is 9.78 Å². The molecule has 0 saturated heterocycles. The lowest BCUT2D eigenvalue weighted by Crippen LogP contribution is -2.40. The Labute approximate surface area is 101 Å². The minimum Gasteiger partial charge on any atom is -0.480 e. The molecule has 0 spiro atoms. The van der Waals surface area contributed by atoms with E-state index in [9.17, 15) is 9.59 Å². The molecule has 0 radical (unpaired) electrons. The molecule has 1 amide bonds. The fourth-order valence-electron chi connectivity index (χ4n) is 1.12. The molecule has 0 unspecified atom stereocenters. The van der Waals surface area contributed by atoms with Gasteiger partial charge in [-0.05, 0) is 34.5 Å². The van der Waals surface area contributed by atoms with E-state index in [1.54, 1.807) is 19.1 Å². The summed E-state index contributed by atoms with van der Waals surface area (Å²) in [6.45, 7) is 1.69. The summed E-state index contributed by atoms with van der Waals surface area (Å²) in [6, 6.07) is 2.46. The maximum absolute atomic E-state index is 11.7. The van der Waals surface area contributed by atoms with Crippen LogP contribution < -0.4 is 5.32 Å². The van der Waals surface area contributed by atoms with E-state index in [1.165, 1.54) is 6.20 Å². The number of pyridine rings is 1. The Balaban J connectivity index is 2.80. The molecule has 0 aliphatic rings. The average molecular weight is 287 g/mol. The fraction of sp³-hybridized carbons (Fsp3) is 0.300. The van der Waals surface area contributed by atoms with Crippen LogP contribution in [0.2, 0.25) is 0 Å². The van der Waals surface area contributed by atoms with Crippen LogP contribution in [0.15, 0.2) is 22.8 Å². The van der Waals surface area contributed by atoms with Gasteiger partial charge in [-0.3, -0.25) is 4.79 Å². The lowest BCUT2D eigenvalue weighted by atomic mass is 10.2. The SMILES string of the molecule is CC[C@H](NC(=O)c1ncccc1Br)C(=O)O. The van der Waals surface area contributed by atoms with Crippen molar-refractivity contribution in [2.24, 2.45) is 0 Å². The molecule has 2 N–H and O–H groups in total. The Morgan fingerprint density at radius 1 is 1.62 bits per heavy atom. The molecule has 1 rings (SSSR count). The lowest BCUT2D eigenvalue weighted by Gasteiger charge is -2.12. The highest BCUT2D eigenvalue weighted by molar-refractivity contribution is 9.10. The maximum Gasteiger partial charge on any atom is 0.326 e. The van der Waals surface area contributed by atoms with E-state index in [0.29, 0.717) is 10.9 Å². The number of amides is 1. The second-order valence-corrected chi connectivity index (χ2v) is 3.96. The lowest BCUT2D eigenvalue weighted by molar-refractivity contribution is -0.139. The Morgan fingerprint density at radius 3 is 2.81 bits per heavy atom. The zero-order valence-electron chi connectivity index (χ0n) is 8.61. The molecule has 1 aromatic rings. The van der Waals surface area contributed by atoms with Crippen molar-refractivity contribution in [2.45, 2.75) is 19.4 Å². The highest BCUT2D eigenvalue weighted by Gasteiger charge is 2.20. The maximum atomic E-state index is 11.7. The molecule has 86 valence electrons. The normalized spacial score (nSPS) is 11.9. The average Bonchev–Trinajstić information content (AvgIpc) is 2.25. The molecule has 0 aliphatic heterocycles. The van der Waals surface area contributed by atoms with Crippen molar-refractivity contribution >= 4 is 27.8 Å². The first-order chi connectivity index (χ1) is 7.56.